The summed E-state index contributed by atoms with van der Waals surface area (Å²) in [6, 6.07) is 18.2. The lowest BCUT2D eigenvalue weighted by molar-refractivity contribution is -0.140. The van der Waals surface area contributed by atoms with E-state index in [2.05, 4.69) is 59.8 Å². The van der Waals surface area contributed by atoms with E-state index in [-0.39, 0.29) is 58.6 Å². The molecule has 4 heterocycles. The molecule has 0 radical (unpaired) electrons. The summed E-state index contributed by atoms with van der Waals surface area (Å²) in [6.45, 7) is 7.07. The van der Waals surface area contributed by atoms with Gasteiger partial charge in [0.15, 0.2) is 0 Å². The predicted octanol–water partition coefficient (Wildman–Crippen LogP) is 7.25. The summed E-state index contributed by atoms with van der Waals surface area (Å²) >= 11 is 13.7. The van der Waals surface area contributed by atoms with Crippen molar-refractivity contribution >= 4 is 40.7 Å². The highest BCUT2D eigenvalue weighted by atomic mass is 35.5. The molecule has 70 heavy (non-hydrogen) atoms. The summed E-state index contributed by atoms with van der Waals surface area (Å²) in [4.78, 5) is 28.9. The van der Waals surface area contributed by atoms with Gasteiger partial charge in [0.1, 0.15) is 66.9 Å². The monoisotopic (exact) mass is 990 g/mol. The Balaban J connectivity index is 0.990. The van der Waals surface area contributed by atoms with Gasteiger partial charge < -0.3 is 44.9 Å². The number of aliphatic carboxylic acids is 1. The minimum atomic E-state index is -1.09. The number of imidazole rings is 2. The highest BCUT2D eigenvalue weighted by Gasteiger charge is 2.21. The number of hydrogen-bond donors (Lipinski definition) is 5. The molecule has 0 saturated carbocycles. The van der Waals surface area contributed by atoms with Crippen LogP contribution >= 0.6 is 23.2 Å². The van der Waals surface area contributed by atoms with Crippen LogP contribution in [0.3, 0.4) is 0 Å². The topological polar surface area (TPSA) is 225 Å². The normalized spacial score (nSPS) is 12.3. The molecule has 0 aliphatic heterocycles. The minimum Gasteiger partial charge on any atom is -0.487 e. The van der Waals surface area contributed by atoms with E-state index in [4.69, 9.17) is 42.1 Å². The predicted molar refractivity (Wildman–Crippen MR) is 261 cm³/mol. The third kappa shape index (κ3) is 11.7. The number of aliphatic hydroxyl groups excluding tert-OH is 2. The highest BCUT2D eigenvalue weighted by molar-refractivity contribution is 6.32. The summed E-state index contributed by atoms with van der Waals surface area (Å²) in [7, 11) is 0. The Morgan fingerprint density at radius 2 is 1.09 bits per heavy atom. The standard InChI is InChI=1S/C50H52Cl2N10O8/c1-30(10-16-63)55-22-35-18-41(51)46(20-44(35)69-28-37-24-57-49-53-12-14-59-61(37)49)67-26-33-6-4-8-39(31(33)2)40-9-5-7-34(32(40)3)27-68-47-21-45(70-29-38-25-58-50-54-13-15-60-62(38)50)36(19-42(47)52)23-56-43(11-17-64)48(65)66/h4-9,12-15,18-21,24-25,30,43,55-56,63-64H,10-11,16-17,22-23,26-29H2,1-3H3,(H,65,66). The van der Waals surface area contributed by atoms with Crippen molar-refractivity contribution in [3.63, 3.8) is 0 Å². The van der Waals surface area contributed by atoms with Gasteiger partial charge in [0.25, 0.3) is 11.6 Å². The van der Waals surface area contributed by atoms with Gasteiger partial charge in [0.05, 0.1) is 47.2 Å². The van der Waals surface area contributed by atoms with Crippen molar-refractivity contribution in [1.82, 2.24) is 49.8 Å². The maximum Gasteiger partial charge on any atom is 0.320 e. The zero-order chi connectivity index (χ0) is 49.1. The number of carbonyl (C=O) groups is 1. The molecule has 0 fully saturated rings. The maximum absolute atomic E-state index is 11.9. The molecule has 8 aromatic rings. The van der Waals surface area contributed by atoms with Gasteiger partial charge in [0.2, 0.25) is 0 Å². The zero-order valence-electron chi connectivity index (χ0n) is 38.7. The molecule has 4 aromatic heterocycles. The third-order valence-corrected chi connectivity index (χ3v) is 12.4. The first-order valence-electron chi connectivity index (χ1n) is 22.5. The lowest BCUT2D eigenvalue weighted by Gasteiger charge is -2.19. The molecular weight excluding hydrogens is 940 g/mol. The second kappa shape index (κ2) is 23.1. The third-order valence-electron chi connectivity index (χ3n) is 11.8. The smallest absolute Gasteiger partial charge is 0.320 e. The Morgan fingerprint density at radius 3 is 1.56 bits per heavy atom. The van der Waals surface area contributed by atoms with Crippen molar-refractivity contribution in [2.45, 2.75) is 85.2 Å². The molecule has 0 saturated heterocycles. The molecule has 364 valence electrons. The van der Waals surface area contributed by atoms with Crippen LogP contribution in [0.15, 0.2) is 97.8 Å². The fraction of sp³-hybridized carbons (Fsp3) is 0.300. The van der Waals surface area contributed by atoms with Crippen LogP contribution in [-0.2, 0) is 44.3 Å². The van der Waals surface area contributed by atoms with Crippen molar-refractivity contribution in [2.75, 3.05) is 13.2 Å². The highest BCUT2D eigenvalue weighted by Crippen LogP contribution is 2.37. The number of halogens is 2. The van der Waals surface area contributed by atoms with Gasteiger partial charge in [-0.15, -0.1) is 0 Å². The molecule has 2 unspecified atom stereocenters. The second-order valence-corrected chi connectivity index (χ2v) is 17.3. The van der Waals surface area contributed by atoms with Crippen LogP contribution < -0.4 is 29.6 Å². The quantitative estimate of drug-likeness (QED) is 0.0402. The summed E-state index contributed by atoms with van der Waals surface area (Å²) < 4.78 is 28.7. The van der Waals surface area contributed by atoms with Gasteiger partial charge in [-0.05, 0) is 79.1 Å². The molecule has 5 N–H and O–H groups in total. The van der Waals surface area contributed by atoms with Gasteiger partial charge in [-0.3, -0.25) is 4.79 Å². The van der Waals surface area contributed by atoms with Gasteiger partial charge in [-0.25, -0.2) is 19.9 Å². The number of nitrogens with zero attached hydrogens (tertiary/aromatic N) is 8. The molecule has 8 rings (SSSR count). The molecule has 2 atom stereocenters. The largest absolute Gasteiger partial charge is 0.487 e. The summed E-state index contributed by atoms with van der Waals surface area (Å²) in [5.74, 6) is 1.58. The van der Waals surface area contributed by atoms with Crippen LogP contribution in [0.1, 0.15) is 64.5 Å². The number of carboxylic acids is 1. The second-order valence-electron chi connectivity index (χ2n) is 16.5. The van der Waals surface area contributed by atoms with E-state index in [0.29, 0.717) is 74.5 Å². The number of carboxylic acid groups (broad SMARTS) is 1. The average molecular weight is 992 g/mol. The lowest BCUT2D eigenvalue weighted by Crippen LogP contribution is -2.37. The SMILES string of the molecule is Cc1c(COc2cc(OCc3cnc4nccnn34)c(CNC(C)CCO)cc2Cl)cccc1-c1cccc(COc2cc(OCc3cnc4nccnn34)c(CNC(CCO)C(=O)O)cc2Cl)c1C. The first-order valence-corrected chi connectivity index (χ1v) is 23.3. The van der Waals surface area contributed by atoms with E-state index in [0.717, 1.165) is 38.9 Å². The zero-order valence-corrected chi connectivity index (χ0v) is 40.2. The van der Waals surface area contributed by atoms with Crippen LogP contribution in [0.25, 0.3) is 22.7 Å². The fourth-order valence-electron chi connectivity index (χ4n) is 7.81. The van der Waals surface area contributed by atoms with E-state index in [1.54, 1.807) is 64.4 Å². The first-order chi connectivity index (χ1) is 34.0. The van der Waals surface area contributed by atoms with Gasteiger partial charge in [0, 0.05) is 55.6 Å². The van der Waals surface area contributed by atoms with E-state index in [9.17, 15) is 20.1 Å². The molecule has 18 nitrogen and oxygen atoms in total. The molecule has 4 aromatic carbocycles. The molecule has 0 aliphatic rings. The number of benzene rings is 4. The Kier molecular flexibility index (Phi) is 16.3. The van der Waals surface area contributed by atoms with Gasteiger partial charge >= 0.3 is 5.97 Å². The van der Waals surface area contributed by atoms with E-state index in [1.807, 2.05) is 44.2 Å². The molecule has 0 spiro atoms. The van der Waals surface area contributed by atoms with Crippen molar-refractivity contribution in [3.8, 4) is 34.1 Å². The fourth-order valence-corrected chi connectivity index (χ4v) is 8.29. The molecular formula is C50H52Cl2N10O8. The Labute approximate surface area is 413 Å². The average Bonchev–Trinajstić information content (AvgIpc) is 3.98. The minimum absolute atomic E-state index is 0.0206. The summed E-state index contributed by atoms with van der Waals surface area (Å²) in [5.41, 5.74) is 8.72. The number of aliphatic hydroxyl groups is 2. The summed E-state index contributed by atoms with van der Waals surface area (Å²) in [6.07, 6.45) is 10.2. The van der Waals surface area contributed by atoms with Crippen LogP contribution in [0.5, 0.6) is 23.0 Å². The van der Waals surface area contributed by atoms with E-state index < -0.39 is 12.0 Å². The number of hydrogen-bond acceptors (Lipinski definition) is 15. The Morgan fingerprint density at radius 1 is 0.614 bits per heavy atom. The van der Waals surface area contributed by atoms with Crippen molar-refractivity contribution in [2.24, 2.45) is 0 Å². The number of nitrogens with one attached hydrogen (secondary N) is 2. The number of fused-ring (bicyclic) bond motifs is 2. The number of aromatic nitrogens is 8. The maximum atomic E-state index is 11.9. The summed E-state index contributed by atoms with van der Waals surface area (Å²) in [5, 5.41) is 44.4. The Hall–Kier alpha value is -6.93. The Bertz CT molecular complexity index is 3100. The molecule has 0 aliphatic carbocycles. The van der Waals surface area contributed by atoms with Crippen molar-refractivity contribution in [1.29, 1.82) is 0 Å². The van der Waals surface area contributed by atoms with Crippen LogP contribution in [0.4, 0.5) is 0 Å². The molecule has 20 heteroatoms. The number of ether oxygens (including phenoxy) is 4. The van der Waals surface area contributed by atoms with Crippen molar-refractivity contribution in [3.05, 3.63) is 153 Å². The van der Waals surface area contributed by atoms with Crippen LogP contribution in [0, 0.1) is 13.8 Å². The van der Waals surface area contributed by atoms with Gasteiger partial charge in [-0.2, -0.15) is 19.2 Å². The lowest BCUT2D eigenvalue weighted by atomic mass is 9.92. The van der Waals surface area contributed by atoms with Gasteiger partial charge in [-0.1, -0.05) is 59.6 Å². The van der Waals surface area contributed by atoms with E-state index >= 15 is 0 Å². The van der Waals surface area contributed by atoms with Crippen LogP contribution in [-0.4, -0.2) is 85.8 Å². The molecule has 0 bridgehead atoms. The first kappa shape index (κ1) is 49.5. The number of rotatable bonds is 24. The van der Waals surface area contributed by atoms with Crippen LogP contribution in [0.2, 0.25) is 10.0 Å². The van der Waals surface area contributed by atoms with Crippen molar-refractivity contribution < 1.29 is 39.1 Å². The molecule has 0 amide bonds. The van der Waals surface area contributed by atoms with E-state index in [1.165, 1.54) is 0 Å².